The monoisotopic (exact) mass is 212 g/mol. The predicted octanol–water partition coefficient (Wildman–Crippen LogP) is 2.50. The molecule has 1 aliphatic rings. The van der Waals surface area contributed by atoms with E-state index in [2.05, 4.69) is 31.1 Å². The number of piperidine rings is 1. The lowest BCUT2D eigenvalue weighted by Gasteiger charge is -2.31. The first-order chi connectivity index (χ1) is 7.20. The van der Waals surface area contributed by atoms with Crippen LogP contribution in [0.2, 0.25) is 0 Å². The van der Waals surface area contributed by atoms with E-state index in [4.69, 9.17) is 0 Å². The summed E-state index contributed by atoms with van der Waals surface area (Å²) in [5.41, 5.74) is 0. The molecule has 15 heavy (non-hydrogen) atoms. The summed E-state index contributed by atoms with van der Waals surface area (Å²) in [5, 5.41) is 3.48. The van der Waals surface area contributed by atoms with Crippen LogP contribution in [0, 0.1) is 5.92 Å². The standard InChI is InChI=1S/C13H28N2/c1-12(2)7-4-5-10-15(3)13-8-6-9-14-11-13/h12-14H,4-11H2,1-3H3. The maximum absolute atomic E-state index is 3.48. The Morgan fingerprint density at radius 1 is 1.33 bits per heavy atom. The van der Waals surface area contributed by atoms with Gasteiger partial charge < -0.3 is 10.2 Å². The Morgan fingerprint density at radius 3 is 2.73 bits per heavy atom. The molecule has 1 unspecified atom stereocenters. The summed E-state index contributed by atoms with van der Waals surface area (Å²) in [6.45, 7) is 8.32. The lowest BCUT2D eigenvalue weighted by Crippen LogP contribution is -2.44. The molecule has 0 aliphatic carbocycles. The third-order valence-electron chi connectivity index (χ3n) is 3.44. The number of nitrogens with zero attached hydrogens (tertiary/aromatic N) is 1. The number of nitrogens with one attached hydrogen (secondary N) is 1. The zero-order valence-corrected chi connectivity index (χ0v) is 10.8. The number of rotatable bonds is 6. The van der Waals surface area contributed by atoms with Crippen LogP contribution in [0.1, 0.15) is 46.0 Å². The number of likely N-dealkylation sites (N-methyl/N-ethyl adjacent to an activating group) is 1. The Balaban J connectivity index is 2.04. The maximum atomic E-state index is 3.48. The highest BCUT2D eigenvalue weighted by molar-refractivity contribution is 4.76. The van der Waals surface area contributed by atoms with Crippen molar-refractivity contribution in [2.45, 2.75) is 52.0 Å². The second kappa shape index (κ2) is 7.24. The molecule has 2 nitrogen and oxygen atoms in total. The Hall–Kier alpha value is -0.0800. The Labute approximate surface area is 95.4 Å². The van der Waals surface area contributed by atoms with Gasteiger partial charge in [0.2, 0.25) is 0 Å². The van der Waals surface area contributed by atoms with Gasteiger partial charge in [0, 0.05) is 12.6 Å². The third-order valence-corrected chi connectivity index (χ3v) is 3.44. The quantitative estimate of drug-likeness (QED) is 0.681. The van der Waals surface area contributed by atoms with Crippen molar-refractivity contribution >= 4 is 0 Å². The van der Waals surface area contributed by atoms with Crippen molar-refractivity contribution in [1.82, 2.24) is 10.2 Å². The van der Waals surface area contributed by atoms with E-state index in [0.29, 0.717) is 0 Å². The van der Waals surface area contributed by atoms with Crippen LogP contribution in [0.15, 0.2) is 0 Å². The molecule has 0 saturated carbocycles. The highest BCUT2D eigenvalue weighted by Gasteiger charge is 2.16. The molecule has 1 atom stereocenters. The topological polar surface area (TPSA) is 15.3 Å². The fourth-order valence-electron chi connectivity index (χ4n) is 2.31. The second-order valence-corrected chi connectivity index (χ2v) is 5.37. The van der Waals surface area contributed by atoms with Gasteiger partial charge in [-0.2, -0.15) is 0 Å². The first-order valence-electron chi connectivity index (χ1n) is 6.61. The van der Waals surface area contributed by atoms with Crippen LogP contribution in [0.25, 0.3) is 0 Å². The van der Waals surface area contributed by atoms with Gasteiger partial charge in [0.05, 0.1) is 0 Å². The first-order valence-corrected chi connectivity index (χ1v) is 6.61. The van der Waals surface area contributed by atoms with Crippen LogP contribution in [-0.4, -0.2) is 37.6 Å². The summed E-state index contributed by atoms with van der Waals surface area (Å²) in [6.07, 6.45) is 6.87. The van der Waals surface area contributed by atoms with Crippen LogP contribution in [0.5, 0.6) is 0 Å². The van der Waals surface area contributed by atoms with E-state index in [1.807, 2.05) is 0 Å². The fourth-order valence-corrected chi connectivity index (χ4v) is 2.31. The van der Waals surface area contributed by atoms with Gasteiger partial charge in [-0.05, 0) is 45.3 Å². The first kappa shape index (κ1) is 13.0. The van der Waals surface area contributed by atoms with E-state index in [9.17, 15) is 0 Å². The smallest absolute Gasteiger partial charge is 0.0218 e. The zero-order valence-electron chi connectivity index (χ0n) is 10.8. The molecule has 0 aromatic rings. The van der Waals surface area contributed by atoms with Crippen molar-refractivity contribution in [3.05, 3.63) is 0 Å². The molecule has 2 heteroatoms. The molecule has 0 aromatic carbocycles. The van der Waals surface area contributed by atoms with Gasteiger partial charge >= 0.3 is 0 Å². The molecule has 0 radical (unpaired) electrons. The second-order valence-electron chi connectivity index (χ2n) is 5.37. The molecule has 1 N–H and O–H groups in total. The molecular formula is C13H28N2. The molecule has 1 fully saturated rings. The van der Waals surface area contributed by atoms with Crippen molar-refractivity contribution in [1.29, 1.82) is 0 Å². The van der Waals surface area contributed by atoms with E-state index >= 15 is 0 Å². The zero-order chi connectivity index (χ0) is 11.1. The summed E-state index contributed by atoms with van der Waals surface area (Å²) < 4.78 is 0. The third kappa shape index (κ3) is 5.53. The average molecular weight is 212 g/mol. The lowest BCUT2D eigenvalue weighted by molar-refractivity contribution is 0.199. The summed E-state index contributed by atoms with van der Waals surface area (Å²) in [5.74, 6) is 0.867. The molecule has 0 aromatic heterocycles. The highest BCUT2D eigenvalue weighted by atomic mass is 15.1. The van der Waals surface area contributed by atoms with Gasteiger partial charge in [-0.1, -0.05) is 26.7 Å². The summed E-state index contributed by atoms with van der Waals surface area (Å²) >= 11 is 0. The van der Waals surface area contributed by atoms with Gasteiger partial charge in [0.25, 0.3) is 0 Å². The van der Waals surface area contributed by atoms with Crippen molar-refractivity contribution in [3.8, 4) is 0 Å². The van der Waals surface area contributed by atoms with Gasteiger partial charge in [0.1, 0.15) is 0 Å². The van der Waals surface area contributed by atoms with Crippen LogP contribution in [0.3, 0.4) is 0 Å². The molecule has 1 rings (SSSR count). The largest absolute Gasteiger partial charge is 0.315 e. The van der Waals surface area contributed by atoms with Gasteiger partial charge in [-0.25, -0.2) is 0 Å². The van der Waals surface area contributed by atoms with Crippen molar-refractivity contribution in [2.24, 2.45) is 5.92 Å². The van der Waals surface area contributed by atoms with Crippen LogP contribution >= 0.6 is 0 Å². The molecule has 0 amide bonds. The van der Waals surface area contributed by atoms with E-state index < -0.39 is 0 Å². The molecule has 1 aliphatic heterocycles. The number of unbranched alkanes of at least 4 members (excludes halogenated alkanes) is 1. The van der Waals surface area contributed by atoms with Gasteiger partial charge in [0.15, 0.2) is 0 Å². The number of hydrogen-bond acceptors (Lipinski definition) is 2. The normalized spacial score (nSPS) is 22.6. The molecule has 0 spiro atoms. The Kier molecular flexibility index (Phi) is 6.26. The molecule has 1 heterocycles. The van der Waals surface area contributed by atoms with Crippen molar-refractivity contribution < 1.29 is 0 Å². The van der Waals surface area contributed by atoms with Crippen LogP contribution < -0.4 is 5.32 Å². The summed E-state index contributed by atoms with van der Waals surface area (Å²) in [4.78, 5) is 2.55. The minimum atomic E-state index is 0.790. The van der Waals surface area contributed by atoms with E-state index in [1.54, 1.807) is 0 Å². The van der Waals surface area contributed by atoms with Gasteiger partial charge in [-0.15, -0.1) is 0 Å². The van der Waals surface area contributed by atoms with Crippen molar-refractivity contribution in [3.63, 3.8) is 0 Å². The Morgan fingerprint density at radius 2 is 2.13 bits per heavy atom. The van der Waals surface area contributed by atoms with E-state index in [0.717, 1.165) is 12.0 Å². The maximum Gasteiger partial charge on any atom is 0.0218 e. The minimum Gasteiger partial charge on any atom is -0.315 e. The van der Waals surface area contributed by atoms with E-state index in [1.165, 1.54) is 51.7 Å². The van der Waals surface area contributed by atoms with E-state index in [-0.39, 0.29) is 0 Å². The summed E-state index contributed by atoms with van der Waals surface area (Å²) in [6, 6.07) is 0.790. The Bertz CT molecular complexity index is 151. The van der Waals surface area contributed by atoms with Crippen LogP contribution in [0.4, 0.5) is 0 Å². The van der Waals surface area contributed by atoms with Crippen molar-refractivity contribution in [2.75, 3.05) is 26.7 Å². The fraction of sp³-hybridized carbons (Fsp3) is 1.00. The summed E-state index contributed by atoms with van der Waals surface area (Å²) in [7, 11) is 2.28. The number of hydrogen-bond donors (Lipinski definition) is 1. The molecule has 1 saturated heterocycles. The molecule has 0 bridgehead atoms. The molecular weight excluding hydrogens is 184 g/mol. The SMILES string of the molecule is CC(C)CCCCN(C)C1CCCNC1. The highest BCUT2D eigenvalue weighted by Crippen LogP contribution is 2.11. The predicted molar refractivity (Wildman–Crippen MR) is 67.2 cm³/mol. The van der Waals surface area contributed by atoms with Crippen LogP contribution in [-0.2, 0) is 0 Å². The lowest BCUT2D eigenvalue weighted by atomic mass is 10.0. The van der Waals surface area contributed by atoms with Gasteiger partial charge in [-0.3, -0.25) is 0 Å². The minimum absolute atomic E-state index is 0.790. The average Bonchev–Trinajstić information content (AvgIpc) is 2.25. The molecule has 90 valence electrons.